The van der Waals surface area contributed by atoms with Gasteiger partial charge in [0.2, 0.25) is 3.79 Å². The molecule has 11 heavy (non-hydrogen) atoms. The van der Waals surface area contributed by atoms with Crippen LogP contribution in [0.5, 0.6) is 0 Å². The number of nitrogens with zero attached hydrogens (tertiary/aromatic N) is 1. The standard InChI is InChI=1S/C6H12Cl3NO/c1-5(2,6(7,8)9)11-10(3)4/h1-4H3/q+1. The predicted molar refractivity (Wildman–Crippen MR) is 49.4 cm³/mol. The van der Waals surface area contributed by atoms with E-state index in [1.54, 1.807) is 27.9 Å². The first-order valence-electron chi connectivity index (χ1n) is 3.10. The van der Waals surface area contributed by atoms with E-state index in [0.717, 1.165) is 0 Å². The molecule has 2 nitrogen and oxygen atoms in total. The maximum Gasteiger partial charge on any atom is 0.224 e. The van der Waals surface area contributed by atoms with Crippen LogP contribution in [-0.2, 0) is 4.84 Å². The Kier molecular flexibility index (Phi) is 3.93. The molecule has 0 atom stereocenters. The zero-order valence-electron chi connectivity index (χ0n) is 6.99. The maximum atomic E-state index is 5.65. The quantitative estimate of drug-likeness (QED) is 0.396. The highest BCUT2D eigenvalue weighted by Crippen LogP contribution is 2.40. The molecule has 1 radical (unpaired) electrons. The number of alkyl halides is 3. The van der Waals surface area contributed by atoms with E-state index in [-0.39, 0.29) is 0 Å². The van der Waals surface area contributed by atoms with E-state index in [9.17, 15) is 0 Å². The molecule has 0 spiro atoms. The molecule has 0 aliphatic carbocycles. The number of hydroxylamine groups is 2. The van der Waals surface area contributed by atoms with E-state index < -0.39 is 9.39 Å². The van der Waals surface area contributed by atoms with Gasteiger partial charge in [0, 0.05) is 0 Å². The van der Waals surface area contributed by atoms with Crippen molar-refractivity contribution in [3.8, 4) is 0 Å². The molecule has 0 saturated carbocycles. The second kappa shape index (κ2) is 3.67. The van der Waals surface area contributed by atoms with Crippen LogP contribution in [-0.4, -0.2) is 23.5 Å². The molecule has 0 aromatic heterocycles. The molecular formula is C6H12Cl3NO+. The maximum absolute atomic E-state index is 5.65. The smallest absolute Gasteiger partial charge is 0.139 e. The van der Waals surface area contributed by atoms with Crippen LogP contribution < -0.4 is 5.06 Å². The van der Waals surface area contributed by atoms with Crippen molar-refractivity contribution in [2.45, 2.75) is 23.2 Å². The zero-order valence-corrected chi connectivity index (χ0v) is 9.26. The lowest BCUT2D eigenvalue weighted by molar-refractivity contribution is -0.138. The molecule has 0 fully saturated rings. The average molecular weight is 221 g/mol. The molecule has 0 aromatic carbocycles. The molecule has 0 aliphatic rings. The van der Waals surface area contributed by atoms with Gasteiger partial charge in [0.05, 0.1) is 0 Å². The summed E-state index contributed by atoms with van der Waals surface area (Å²) < 4.78 is -1.42. The molecule has 0 bridgehead atoms. The fourth-order valence-corrected chi connectivity index (χ4v) is 0.612. The first-order chi connectivity index (χ1) is 4.67. The Morgan fingerprint density at radius 1 is 1.09 bits per heavy atom. The van der Waals surface area contributed by atoms with Crippen LogP contribution in [0.2, 0.25) is 0 Å². The Morgan fingerprint density at radius 2 is 1.45 bits per heavy atom. The molecule has 0 aromatic rings. The summed E-state index contributed by atoms with van der Waals surface area (Å²) in [4.78, 5) is 5.24. The molecule has 0 aliphatic heterocycles. The van der Waals surface area contributed by atoms with E-state index in [4.69, 9.17) is 39.6 Å². The van der Waals surface area contributed by atoms with Gasteiger partial charge in [-0.25, -0.2) is 0 Å². The van der Waals surface area contributed by atoms with Crippen molar-refractivity contribution in [2.24, 2.45) is 0 Å². The molecule has 0 heterocycles. The van der Waals surface area contributed by atoms with Gasteiger partial charge in [0.1, 0.15) is 14.1 Å². The average Bonchev–Trinajstić information content (AvgIpc) is 1.56. The van der Waals surface area contributed by atoms with E-state index in [0.29, 0.717) is 0 Å². The number of hydrogen-bond donors (Lipinski definition) is 0. The Morgan fingerprint density at radius 3 is 1.55 bits per heavy atom. The summed E-state index contributed by atoms with van der Waals surface area (Å²) in [5.74, 6) is 0. The van der Waals surface area contributed by atoms with Gasteiger partial charge in [-0.1, -0.05) is 34.8 Å². The third-order valence-corrected chi connectivity index (χ3v) is 2.46. The minimum atomic E-state index is -1.42. The summed E-state index contributed by atoms with van der Waals surface area (Å²) in [7, 11) is 3.47. The fraction of sp³-hybridized carbons (Fsp3) is 1.00. The van der Waals surface area contributed by atoms with Gasteiger partial charge < -0.3 is 0 Å². The minimum Gasteiger partial charge on any atom is -0.139 e. The van der Waals surface area contributed by atoms with Crippen LogP contribution >= 0.6 is 34.8 Å². The lowest BCUT2D eigenvalue weighted by atomic mass is 10.2. The van der Waals surface area contributed by atoms with Gasteiger partial charge in [-0.2, -0.15) is 0 Å². The van der Waals surface area contributed by atoms with E-state index in [1.165, 1.54) is 5.06 Å². The molecule has 0 unspecified atom stereocenters. The second-order valence-corrected chi connectivity index (χ2v) is 5.19. The third-order valence-electron chi connectivity index (χ3n) is 1.09. The van der Waals surface area contributed by atoms with Crippen LogP contribution in [0.1, 0.15) is 13.8 Å². The summed E-state index contributed by atoms with van der Waals surface area (Å²) in [5.41, 5.74) is -0.818. The normalized spacial score (nSPS) is 14.2. The molecule has 0 N–H and O–H groups in total. The summed E-state index contributed by atoms with van der Waals surface area (Å²) >= 11 is 16.9. The summed E-state index contributed by atoms with van der Waals surface area (Å²) in [5, 5.41) is 1.50. The van der Waals surface area contributed by atoms with Gasteiger partial charge in [-0.3, -0.25) is 0 Å². The lowest BCUT2D eigenvalue weighted by Gasteiger charge is -2.28. The second-order valence-electron chi connectivity index (χ2n) is 2.91. The first-order valence-corrected chi connectivity index (χ1v) is 4.23. The summed E-state index contributed by atoms with van der Waals surface area (Å²) in [6, 6.07) is 0. The van der Waals surface area contributed by atoms with Gasteiger partial charge in [-0.05, 0) is 18.9 Å². The lowest BCUT2D eigenvalue weighted by Crippen LogP contribution is -2.45. The molecule has 5 heteroatoms. The molecule has 67 valence electrons. The highest BCUT2D eigenvalue weighted by atomic mass is 35.6. The monoisotopic (exact) mass is 219 g/mol. The SMILES string of the molecule is C[N+](C)OC(C)(C)C(Cl)(Cl)Cl. The van der Waals surface area contributed by atoms with Crippen molar-refractivity contribution < 1.29 is 4.84 Å². The predicted octanol–water partition coefficient (Wildman–Crippen LogP) is 2.47. The number of rotatable bonds is 2. The highest BCUT2D eigenvalue weighted by molar-refractivity contribution is 6.68. The van der Waals surface area contributed by atoms with Gasteiger partial charge in [-0.15, -0.1) is 4.84 Å². The Labute approximate surface area is 82.3 Å². The summed E-state index contributed by atoms with van der Waals surface area (Å²) in [6.07, 6.45) is 0. The fourth-order valence-electron chi connectivity index (χ4n) is 0.508. The number of hydrogen-bond acceptors (Lipinski definition) is 2. The van der Waals surface area contributed by atoms with Crippen molar-refractivity contribution >= 4 is 34.8 Å². The molecular weight excluding hydrogens is 208 g/mol. The van der Waals surface area contributed by atoms with Crippen molar-refractivity contribution in [1.29, 1.82) is 0 Å². The molecule has 0 rings (SSSR count). The first kappa shape index (κ1) is 11.8. The summed E-state index contributed by atoms with van der Waals surface area (Å²) in [6.45, 7) is 3.42. The van der Waals surface area contributed by atoms with Crippen LogP contribution in [0.15, 0.2) is 0 Å². The van der Waals surface area contributed by atoms with Gasteiger partial charge in [0.25, 0.3) is 0 Å². The Hall–Kier alpha value is 0.790. The van der Waals surface area contributed by atoms with Crippen LogP contribution in [0, 0.1) is 0 Å². The topological polar surface area (TPSA) is 15.1 Å². The molecule has 0 amide bonds. The number of halogens is 3. The van der Waals surface area contributed by atoms with E-state index in [2.05, 4.69) is 0 Å². The van der Waals surface area contributed by atoms with Gasteiger partial charge in [0.15, 0.2) is 5.60 Å². The zero-order chi connectivity index (χ0) is 9.28. The van der Waals surface area contributed by atoms with E-state index in [1.807, 2.05) is 0 Å². The Bertz CT molecular complexity index is 130. The minimum absolute atomic E-state index is 0.818. The molecule has 0 saturated heterocycles. The Balaban J connectivity index is 4.22. The van der Waals surface area contributed by atoms with Crippen LogP contribution in [0.4, 0.5) is 0 Å². The largest absolute Gasteiger partial charge is 0.224 e. The van der Waals surface area contributed by atoms with Crippen LogP contribution in [0.3, 0.4) is 0 Å². The van der Waals surface area contributed by atoms with E-state index >= 15 is 0 Å². The van der Waals surface area contributed by atoms with Crippen molar-refractivity contribution in [2.75, 3.05) is 14.1 Å². The van der Waals surface area contributed by atoms with Crippen molar-refractivity contribution in [1.82, 2.24) is 5.06 Å². The van der Waals surface area contributed by atoms with Crippen LogP contribution in [0.25, 0.3) is 0 Å². The van der Waals surface area contributed by atoms with Gasteiger partial charge >= 0.3 is 0 Å². The highest BCUT2D eigenvalue weighted by Gasteiger charge is 2.46. The van der Waals surface area contributed by atoms with Crippen molar-refractivity contribution in [3.05, 3.63) is 0 Å². The third kappa shape index (κ3) is 3.81. The van der Waals surface area contributed by atoms with Crippen molar-refractivity contribution in [3.63, 3.8) is 0 Å².